The largest absolute Gasteiger partial charge is 0.374 e. The minimum atomic E-state index is -0.107. The van der Waals surface area contributed by atoms with Gasteiger partial charge in [0.25, 0.3) is 0 Å². The third-order valence-electron chi connectivity index (χ3n) is 3.24. The quantitative estimate of drug-likeness (QED) is 0.878. The number of aromatic nitrogens is 2. The highest BCUT2D eigenvalue weighted by molar-refractivity contribution is 4.98. The number of hydrogen-bond acceptors (Lipinski definition) is 6. The van der Waals surface area contributed by atoms with Crippen LogP contribution in [0.3, 0.4) is 0 Å². The molecule has 1 aromatic rings. The van der Waals surface area contributed by atoms with Crippen molar-refractivity contribution in [2.24, 2.45) is 5.73 Å². The van der Waals surface area contributed by atoms with Gasteiger partial charge in [0.2, 0.25) is 5.89 Å². The lowest BCUT2D eigenvalue weighted by Gasteiger charge is -2.33. The molecule has 0 bridgehead atoms. The summed E-state index contributed by atoms with van der Waals surface area (Å²) in [6, 6.07) is 0.0400. The van der Waals surface area contributed by atoms with E-state index in [1.54, 1.807) is 0 Å². The molecule has 1 aliphatic rings. The smallest absolute Gasteiger partial charge is 0.232 e. The summed E-state index contributed by atoms with van der Waals surface area (Å²) >= 11 is 0. The standard InChI is InChI=1S/C13H24N4O2/c1-9(14)10-7-17(5-6-18-10)8-11-15-12(19-16-11)13(2,3)4/h9-10H,5-8,14H2,1-4H3. The predicted octanol–water partition coefficient (Wildman–Crippen LogP) is 0.915. The Labute approximate surface area is 114 Å². The van der Waals surface area contributed by atoms with Crippen LogP contribution in [-0.4, -0.2) is 46.9 Å². The van der Waals surface area contributed by atoms with E-state index >= 15 is 0 Å². The van der Waals surface area contributed by atoms with E-state index in [4.69, 9.17) is 15.0 Å². The SMILES string of the molecule is CC(N)C1CN(Cc2noc(C(C)(C)C)n2)CCO1. The lowest BCUT2D eigenvalue weighted by molar-refractivity contribution is -0.0411. The first-order chi connectivity index (χ1) is 8.86. The Balaban J connectivity index is 1.95. The average Bonchev–Trinajstić information content (AvgIpc) is 2.77. The summed E-state index contributed by atoms with van der Waals surface area (Å²) < 4.78 is 10.9. The molecule has 0 saturated carbocycles. The molecule has 0 aromatic carbocycles. The van der Waals surface area contributed by atoms with Crippen LogP contribution in [0.2, 0.25) is 0 Å². The summed E-state index contributed by atoms with van der Waals surface area (Å²) in [7, 11) is 0. The fourth-order valence-corrected chi connectivity index (χ4v) is 2.02. The molecule has 0 amide bonds. The van der Waals surface area contributed by atoms with Crippen molar-refractivity contribution >= 4 is 0 Å². The zero-order chi connectivity index (χ0) is 14.0. The molecule has 0 radical (unpaired) electrons. The number of nitrogens with two attached hydrogens (primary N) is 1. The Morgan fingerprint density at radius 2 is 2.21 bits per heavy atom. The van der Waals surface area contributed by atoms with Gasteiger partial charge in [-0.3, -0.25) is 4.90 Å². The molecule has 108 valence electrons. The van der Waals surface area contributed by atoms with E-state index in [1.807, 2.05) is 6.92 Å². The Bertz CT molecular complexity index is 411. The molecule has 2 N–H and O–H groups in total. The van der Waals surface area contributed by atoms with Gasteiger partial charge in [0, 0.05) is 24.5 Å². The Morgan fingerprint density at radius 3 is 2.79 bits per heavy atom. The number of rotatable bonds is 3. The first kappa shape index (κ1) is 14.4. The zero-order valence-electron chi connectivity index (χ0n) is 12.2. The van der Waals surface area contributed by atoms with Crippen LogP contribution in [0.4, 0.5) is 0 Å². The zero-order valence-corrected chi connectivity index (χ0v) is 12.2. The summed E-state index contributed by atoms with van der Waals surface area (Å²) in [6.07, 6.45) is 0.0859. The Hall–Kier alpha value is -0.980. The van der Waals surface area contributed by atoms with Crippen molar-refractivity contribution in [3.8, 4) is 0 Å². The highest BCUT2D eigenvalue weighted by Crippen LogP contribution is 2.20. The molecular weight excluding hydrogens is 244 g/mol. The Kier molecular flexibility index (Phi) is 4.23. The van der Waals surface area contributed by atoms with E-state index in [1.165, 1.54) is 0 Å². The van der Waals surface area contributed by atoms with Crippen molar-refractivity contribution in [2.75, 3.05) is 19.7 Å². The number of nitrogens with zero attached hydrogens (tertiary/aromatic N) is 3. The van der Waals surface area contributed by atoms with E-state index in [-0.39, 0.29) is 17.6 Å². The topological polar surface area (TPSA) is 77.4 Å². The molecule has 1 saturated heterocycles. The fraction of sp³-hybridized carbons (Fsp3) is 0.846. The normalized spacial score (nSPS) is 23.5. The summed E-state index contributed by atoms with van der Waals surface area (Å²) in [5, 5.41) is 4.05. The van der Waals surface area contributed by atoms with Gasteiger partial charge in [-0.1, -0.05) is 25.9 Å². The van der Waals surface area contributed by atoms with Crippen LogP contribution < -0.4 is 5.73 Å². The van der Waals surface area contributed by atoms with Crippen LogP contribution in [0.1, 0.15) is 39.4 Å². The van der Waals surface area contributed by atoms with Crippen molar-refractivity contribution in [3.63, 3.8) is 0 Å². The molecule has 1 aromatic heterocycles. The monoisotopic (exact) mass is 268 g/mol. The molecule has 6 heteroatoms. The fourth-order valence-electron chi connectivity index (χ4n) is 2.02. The predicted molar refractivity (Wildman–Crippen MR) is 71.7 cm³/mol. The molecule has 6 nitrogen and oxygen atoms in total. The molecule has 0 aliphatic carbocycles. The lowest BCUT2D eigenvalue weighted by atomic mass is 9.97. The second-order valence-corrected chi connectivity index (χ2v) is 6.27. The number of hydrogen-bond donors (Lipinski definition) is 1. The van der Waals surface area contributed by atoms with Crippen LogP contribution in [-0.2, 0) is 16.7 Å². The summed E-state index contributed by atoms with van der Waals surface area (Å²) in [6.45, 7) is 11.2. The maximum atomic E-state index is 5.88. The second-order valence-electron chi connectivity index (χ2n) is 6.27. The van der Waals surface area contributed by atoms with Crippen molar-refractivity contribution in [1.29, 1.82) is 0 Å². The molecule has 2 heterocycles. The minimum absolute atomic E-state index is 0.0400. The van der Waals surface area contributed by atoms with Crippen LogP contribution in [0.25, 0.3) is 0 Å². The van der Waals surface area contributed by atoms with Crippen molar-refractivity contribution in [1.82, 2.24) is 15.0 Å². The van der Waals surface area contributed by atoms with Gasteiger partial charge >= 0.3 is 0 Å². The van der Waals surface area contributed by atoms with E-state index in [2.05, 4.69) is 35.8 Å². The second kappa shape index (κ2) is 5.56. The first-order valence-corrected chi connectivity index (χ1v) is 6.79. The molecule has 19 heavy (non-hydrogen) atoms. The molecule has 1 aliphatic heterocycles. The van der Waals surface area contributed by atoms with Gasteiger partial charge in [-0.15, -0.1) is 0 Å². The lowest BCUT2D eigenvalue weighted by Crippen LogP contribution is -2.49. The maximum absolute atomic E-state index is 5.88. The van der Waals surface area contributed by atoms with Gasteiger partial charge in [0.15, 0.2) is 5.82 Å². The summed E-state index contributed by atoms with van der Waals surface area (Å²) in [4.78, 5) is 6.71. The van der Waals surface area contributed by atoms with E-state index in [0.717, 1.165) is 18.9 Å². The van der Waals surface area contributed by atoms with Gasteiger partial charge in [0.05, 0.1) is 19.3 Å². The van der Waals surface area contributed by atoms with Crippen LogP contribution in [0.5, 0.6) is 0 Å². The summed E-state index contributed by atoms with van der Waals surface area (Å²) in [5.41, 5.74) is 5.78. The molecule has 1 fully saturated rings. The Morgan fingerprint density at radius 1 is 1.47 bits per heavy atom. The van der Waals surface area contributed by atoms with Crippen molar-refractivity contribution < 1.29 is 9.26 Å². The van der Waals surface area contributed by atoms with Gasteiger partial charge in [-0.05, 0) is 6.92 Å². The van der Waals surface area contributed by atoms with E-state index in [9.17, 15) is 0 Å². The van der Waals surface area contributed by atoms with Crippen LogP contribution in [0, 0.1) is 0 Å². The third-order valence-corrected chi connectivity index (χ3v) is 3.24. The van der Waals surface area contributed by atoms with Gasteiger partial charge in [-0.25, -0.2) is 0 Å². The first-order valence-electron chi connectivity index (χ1n) is 6.79. The highest BCUT2D eigenvalue weighted by Gasteiger charge is 2.26. The molecule has 2 unspecified atom stereocenters. The highest BCUT2D eigenvalue weighted by atomic mass is 16.5. The van der Waals surface area contributed by atoms with E-state index < -0.39 is 0 Å². The van der Waals surface area contributed by atoms with Gasteiger partial charge < -0.3 is 15.0 Å². The van der Waals surface area contributed by atoms with Crippen molar-refractivity contribution in [3.05, 3.63) is 11.7 Å². The van der Waals surface area contributed by atoms with Gasteiger partial charge in [-0.2, -0.15) is 4.98 Å². The molecular formula is C13H24N4O2. The third kappa shape index (κ3) is 3.75. The molecule has 0 spiro atoms. The molecule has 2 atom stereocenters. The number of morpholine rings is 1. The van der Waals surface area contributed by atoms with Crippen molar-refractivity contribution in [2.45, 2.75) is 51.8 Å². The van der Waals surface area contributed by atoms with Gasteiger partial charge in [0.1, 0.15) is 0 Å². The maximum Gasteiger partial charge on any atom is 0.232 e. The van der Waals surface area contributed by atoms with Crippen LogP contribution >= 0.6 is 0 Å². The van der Waals surface area contributed by atoms with Crippen LogP contribution in [0.15, 0.2) is 4.52 Å². The summed E-state index contributed by atoms with van der Waals surface area (Å²) in [5.74, 6) is 1.41. The average molecular weight is 268 g/mol. The molecule has 2 rings (SSSR count). The van der Waals surface area contributed by atoms with E-state index in [0.29, 0.717) is 19.0 Å². The minimum Gasteiger partial charge on any atom is -0.374 e. The number of ether oxygens (including phenoxy) is 1.